The third kappa shape index (κ3) is 5.53. The Kier molecular flexibility index (Phi) is 8.10. The SMILES string of the molecule is CCOC(=O)C1=C(C)N=c2sc(=Cc3ccc(OC(C)=O)c(OC)c3)c(=O)n2C1c1ccc(C(=O)OC)cc1. The number of allylic oxidation sites excluding steroid dienone is 1. The number of benzene rings is 2. The fraction of sp³-hybridized carbons (Fsp3) is 0.250. The Bertz CT molecular complexity index is 1660. The van der Waals surface area contributed by atoms with Crippen molar-refractivity contribution < 1.29 is 33.3 Å². The summed E-state index contributed by atoms with van der Waals surface area (Å²) in [4.78, 5) is 55.1. The lowest BCUT2D eigenvalue weighted by Gasteiger charge is -2.24. The number of methoxy groups -OCH3 is 2. The minimum Gasteiger partial charge on any atom is -0.493 e. The van der Waals surface area contributed by atoms with Crippen LogP contribution in [-0.2, 0) is 19.1 Å². The van der Waals surface area contributed by atoms with Gasteiger partial charge in [0.1, 0.15) is 0 Å². The molecule has 202 valence electrons. The number of esters is 3. The molecule has 10 nitrogen and oxygen atoms in total. The second-order valence-corrected chi connectivity index (χ2v) is 9.43. The molecule has 4 rings (SSSR count). The van der Waals surface area contributed by atoms with Gasteiger partial charge in [-0.3, -0.25) is 14.2 Å². The molecule has 1 aliphatic rings. The van der Waals surface area contributed by atoms with E-state index < -0.39 is 23.9 Å². The maximum atomic E-state index is 13.8. The van der Waals surface area contributed by atoms with Crippen LogP contribution in [0.2, 0.25) is 0 Å². The van der Waals surface area contributed by atoms with Gasteiger partial charge in [0.05, 0.1) is 48.2 Å². The highest BCUT2D eigenvalue weighted by molar-refractivity contribution is 7.07. The van der Waals surface area contributed by atoms with Crippen molar-refractivity contribution in [2.24, 2.45) is 4.99 Å². The highest BCUT2D eigenvalue weighted by atomic mass is 32.1. The molecule has 0 amide bonds. The van der Waals surface area contributed by atoms with Gasteiger partial charge in [-0.2, -0.15) is 0 Å². The van der Waals surface area contributed by atoms with Crippen LogP contribution in [0.5, 0.6) is 11.5 Å². The molecule has 0 aliphatic carbocycles. The Morgan fingerprint density at radius 2 is 1.77 bits per heavy atom. The van der Waals surface area contributed by atoms with Crippen LogP contribution in [0.15, 0.2) is 63.5 Å². The van der Waals surface area contributed by atoms with Crippen LogP contribution in [0.3, 0.4) is 0 Å². The molecule has 2 heterocycles. The fourth-order valence-electron chi connectivity index (χ4n) is 4.19. The second kappa shape index (κ2) is 11.5. The van der Waals surface area contributed by atoms with Gasteiger partial charge in [-0.25, -0.2) is 14.6 Å². The van der Waals surface area contributed by atoms with Crippen molar-refractivity contribution in [3.05, 3.63) is 90.1 Å². The van der Waals surface area contributed by atoms with Crippen molar-refractivity contribution >= 4 is 35.3 Å². The molecule has 11 heteroatoms. The summed E-state index contributed by atoms with van der Waals surface area (Å²) in [6.07, 6.45) is 1.67. The number of rotatable bonds is 7. The van der Waals surface area contributed by atoms with Crippen molar-refractivity contribution in [1.29, 1.82) is 0 Å². The van der Waals surface area contributed by atoms with E-state index >= 15 is 0 Å². The zero-order valence-corrected chi connectivity index (χ0v) is 22.8. The van der Waals surface area contributed by atoms with Crippen molar-refractivity contribution in [1.82, 2.24) is 4.57 Å². The average molecular weight is 551 g/mol. The molecule has 1 aliphatic heterocycles. The molecule has 39 heavy (non-hydrogen) atoms. The van der Waals surface area contributed by atoms with Crippen molar-refractivity contribution in [3.8, 4) is 11.5 Å². The van der Waals surface area contributed by atoms with E-state index in [1.165, 1.54) is 37.0 Å². The van der Waals surface area contributed by atoms with Gasteiger partial charge < -0.3 is 18.9 Å². The Labute approximate surface area is 227 Å². The minimum absolute atomic E-state index is 0.152. The first-order valence-corrected chi connectivity index (χ1v) is 12.7. The van der Waals surface area contributed by atoms with Crippen molar-refractivity contribution in [2.75, 3.05) is 20.8 Å². The van der Waals surface area contributed by atoms with Gasteiger partial charge in [-0.05, 0) is 55.3 Å². The summed E-state index contributed by atoms with van der Waals surface area (Å²) in [5, 5.41) is 0. The van der Waals surface area contributed by atoms with E-state index in [4.69, 9.17) is 18.9 Å². The third-order valence-corrected chi connectivity index (χ3v) is 6.89. The van der Waals surface area contributed by atoms with E-state index in [0.717, 1.165) is 0 Å². The smallest absolute Gasteiger partial charge is 0.338 e. The van der Waals surface area contributed by atoms with Gasteiger partial charge in [0.25, 0.3) is 5.56 Å². The fourth-order valence-corrected chi connectivity index (χ4v) is 5.24. The Morgan fingerprint density at radius 3 is 2.38 bits per heavy atom. The highest BCUT2D eigenvalue weighted by Gasteiger charge is 2.33. The van der Waals surface area contributed by atoms with E-state index in [1.807, 2.05) is 0 Å². The molecule has 0 spiro atoms. The van der Waals surface area contributed by atoms with Gasteiger partial charge in [0.2, 0.25) is 0 Å². The molecule has 1 atom stereocenters. The number of ether oxygens (including phenoxy) is 4. The summed E-state index contributed by atoms with van der Waals surface area (Å²) in [6.45, 7) is 4.83. The summed E-state index contributed by atoms with van der Waals surface area (Å²) in [6, 6.07) is 10.6. The summed E-state index contributed by atoms with van der Waals surface area (Å²) in [7, 11) is 2.74. The third-order valence-electron chi connectivity index (χ3n) is 5.90. The molecule has 1 aromatic heterocycles. The molecule has 2 aromatic carbocycles. The Morgan fingerprint density at radius 1 is 1.05 bits per heavy atom. The van der Waals surface area contributed by atoms with E-state index in [9.17, 15) is 19.2 Å². The first-order valence-electron chi connectivity index (χ1n) is 11.9. The molecule has 0 fully saturated rings. The molecular weight excluding hydrogens is 524 g/mol. The first kappa shape index (κ1) is 27.5. The predicted octanol–water partition coefficient (Wildman–Crippen LogP) is 2.52. The Balaban J connectivity index is 1.88. The molecular formula is C28H26N2O8S. The van der Waals surface area contributed by atoms with Gasteiger partial charge in [0.15, 0.2) is 16.3 Å². The van der Waals surface area contributed by atoms with Crippen LogP contribution >= 0.6 is 11.3 Å². The average Bonchev–Trinajstić information content (AvgIpc) is 3.22. The second-order valence-electron chi connectivity index (χ2n) is 8.42. The zero-order chi connectivity index (χ0) is 28.3. The van der Waals surface area contributed by atoms with Gasteiger partial charge in [-0.1, -0.05) is 29.5 Å². The summed E-state index contributed by atoms with van der Waals surface area (Å²) in [5.41, 5.74) is 1.86. The highest BCUT2D eigenvalue weighted by Crippen LogP contribution is 2.31. The molecule has 0 saturated heterocycles. The number of fused-ring (bicyclic) bond motifs is 1. The number of aromatic nitrogens is 1. The van der Waals surface area contributed by atoms with Gasteiger partial charge in [0, 0.05) is 6.92 Å². The maximum Gasteiger partial charge on any atom is 0.338 e. The van der Waals surface area contributed by atoms with Gasteiger partial charge in [-0.15, -0.1) is 0 Å². The number of carbonyl (C=O) groups excluding carboxylic acids is 3. The van der Waals surface area contributed by atoms with E-state index in [-0.39, 0.29) is 23.5 Å². The lowest BCUT2D eigenvalue weighted by molar-refractivity contribution is -0.139. The largest absolute Gasteiger partial charge is 0.493 e. The van der Waals surface area contributed by atoms with Crippen LogP contribution in [0.4, 0.5) is 0 Å². The van der Waals surface area contributed by atoms with Crippen LogP contribution in [0.25, 0.3) is 6.08 Å². The molecule has 1 unspecified atom stereocenters. The summed E-state index contributed by atoms with van der Waals surface area (Å²) >= 11 is 1.17. The van der Waals surface area contributed by atoms with E-state index in [2.05, 4.69) is 4.99 Å². The molecule has 0 bridgehead atoms. The number of hydrogen-bond donors (Lipinski definition) is 0. The lowest BCUT2D eigenvalue weighted by Crippen LogP contribution is -2.40. The maximum absolute atomic E-state index is 13.8. The topological polar surface area (TPSA) is 122 Å². The van der Waals surface area contributed by atoms with Crippen molar-refractivity contribution in [2.45, 2.75) is 26.8 Å². The standard InChI is InChI=1S/C28H26N2O8S/c1-6-37-27(34)23-15(2)29-28-30(24(23)18-8-10-19(11-9-18)26(33)36-5)25(32)22(39-28)14-17-7-12-20(38-16(3)31)21(13-17)35-4/h7-14,24H,6H2,1-5H3. The van der Waals surface area contributed by atoms with Crippen LogP contribution in [0, 0.1) is 0 Å². The van der Waals surface area contributed by atoms with E-state index in [0.29, 0.717) is 37.5 Å². The lowest BCUT2D eigenvalue weighted by atomic mass is 9.95. The Hall–Kier alpha value is -4.51. The van der Waals surface area contributed by atoms with Crippen LogP contribution in [0.1, 0.15) is 48.3 Å². The molecule has 3 aromatic rings. The summed E-state index contributed by atoms with van der Waals surface area (Å²) < 4.78 is 22.4. The van der Waals surface area contributed by atoms with Crippen LogP contribution in [-0.4, -0.2) is 43.3 Å². The quantitative estimate of drug-likeness (QED) is 0.325. The number of carbonyl (C=O) groups is 3. The molecule has 0 radical (unpaired) electrons. The van der Waals surface area contributed by atoms with E-state index in [1.54, 1.807) is 62.4 Å². The minimum atomic E-state index is -0.824. The monoisotopic (exact) mass is 550 g/mol. The molecule has 0 N–H and O–H groups in total. The first-order chi connectivity index (χ1) is 18.7. The number of thiazole rings is 1. The van der Waals surface area contributed by atoms with Gasteiger partial charge >= 0.3 is 17.9 Å². The number of hydrogen-bond acceptors (Lipinski definition) is 10. The number of nitrogens with zero attached hydrogens (tertiary/aromatic N) is 2. The normalized spacial score (nSPS) is 14.8. The molecule has 0 saturated carbocycles. The zero-order valence-electron chi connectivity index (χ0n) is 22.0. The summed E-state index contributed by atoms with van der Waals surface area (Å²) in [5.74, 6) is -0.981. The predicted molar refractivity (Wildman–Crippen MR) is 142 cm³/mol. The van der Waals surface area contributed by atoms with Crippen LogP contribution < -0.4 is 24.4 Å². The van der Waals surface area contributed by atoms with Crippen molar-refractivity contribution in [3.63, 3.8) is 0 Å².